The van der Waals surface area contributed by atoms with Crippen LogP contribution in [0.15, 0.2) is 60.8 Å². The number of rotatable bonds is 8. The first-order valence-electron chi connectivity index (χ1n) is 10.9. The van der Waals surface area contributed by atoms with E-state index in [-0.39, 0.29) is 6.04 Å². The summed E-state index contributed by atoms with van der Waals surface area (Å²) in [5, 5.41) is 8.60. The van der Waals surface area contributed by atoms with Gasteiger partial charge < -0.3 is 10.1 Å². The Morgan fingerprint density at radius 1 is 1.03 bits per heavy atom. The maximum Gasteiger partial charge on any atom is 0.127 e. The van der Waals surface area contributed by atoms with Crippen LogP contribution in [0.3, 0.4) is 0 Å². The van der Waals surface area contributed by atoms with E-state index in [1.165, 1.54) is 42.6 Å². The van der Waals surface area contributed by atoms with Gasteiger partial charge in [0.2, 0.25) is 0 Å². The van der Waals surface area contributed by atoms with Gasteiger partial charge in [-0.3, -0.25) is 4.68 Å². The van der Waals surface area contributed by atoms with Gasteiger partial charge in [-0.2, -0.15) is 5.10 Å². The lowest BCUT2D eigenvalue weighted by molar-refractivity contribution is 0.482. The van der Waals surface area contributed by atoms with Gasteiger partial charge in [-0.1, -0.05) is 56.5 Å². The van der Waals surface area contributed by atoms with Crippen LogP contribution in [0.4, 0.5) is 5.69 Å². The summed E-state index contributed by atoms with van der Waals surface area (Å²) in [5.74, 6) is 2.32. The molecule has 4 heteroatoms. The van der Waals surface area contributed by atoms with Crippen LogP contribution in [-0.2, 0) is 7.05 Å². The van der Waals surface area contributed by atoms with E-state index in [1.807, 2.05) is 42.1 Å². The van der Waals surface area contributed by atoms with Crippen molar-refractivity contribution >= 4 is 5.69 Å². The van der Waals surface area contributed by atoms with Gasteiger partial charge in [-0.25, -0.2) is 0 Å². The Kier molecular flexibility index (Phi) is 6.18. The number of anilines is 1. The van der Waals surface area contributed by atoms with Crippen molar-refractivity contribution in [2.45, 2.75) is 57.4 Å². The zero-order valence-electron chi connectivity index (χ0n) is 17.5. The van der Waals surface area contributed by atoms with Crippen LogP contribution in [0.2, 0.25) is 0 Å². The van der Waals surface area contributed by atoms with Gasteiger partial charge in [-0.15, -0.1) is 0 Å². The third kappa shape index (κ3) is 4.81. The second-order valence-electron chi connectivity index (χ2n) is 8.05. The highest BCUT2D eigenvalue weighted by Crippen LogP contribution is 2.38. The standard InChI is InChI=1S/C25H31N3O/c1-3-9-23(26-24-18-28(2)27-25(24)20-10-7-8-11-20)19-14-16-22(17-15-19)29-21-12-5-4-6-13-21/h4-6,12-18,20,23,26H,3,7-11H2,1-2H3. The maximum atomic E-state index is 5.95. The van der Waals surface area contributed by atoms with Gasteiger partial charge in [0.25, 0.3) is 0 Å². The number of para-hydroxylation sites is 1. The van der Waals surface area contributed by atoms with Crippen molar-refractivity contribution in [1.29, 1.82) is 0 Å². The van der Waals surface area contributed by atoms with Crippen LogP contribution in [0.5, 0.6) is 11.5 Å². The van der Waals surface area contributed by atoms with Gasteiger partial charge in [0.15, 0.2) is 0 Å². The average Bonchev–Trinajstić information content (AvgIpc) is 3.39. The van der Waals surface area contributed by atoms with E-state index in [0.29, 0.717) is 5.92 Å². The van der Waals surface area contributed by atoms with Crippen LogP contribution < -0.4 is 10.1 Å². The fourth-order valence-electron chi connectivity index (χ4n) is 4.31. The molecular weight excluding hydrogens is 358 g/mol. The first kappa shape index (κ1) is 19.6. The average molecular weight is 390 g/mol. The number of aryl methyl sites for hydroxylation is 1. The molecule has 0 amide bonds. The molecule has 0 aliphatic heterocycles. The highest BCUT2D eigenvalue weighted by Gasteiger charge is 2.24. The fraction of sp³-hybridized carbons (Fsp3) is 0.400. The largest absolute Gasteiger partial charge is 0.457 e. The summed E-state index contributed by atoms with van der Waals surface area (Å²) in [7, 11) is 2.02. The van der Waals surface area contributed by atoms with E-state index < -0.39 is 0 Å². The second-order valence-corrected chi connectivity index (χ2v) is 8.05. The van der Waals surface area contributed by atoms with E-state index in [2.05, 4.69) is 42.7 Å². The van der Waals surface area contributed by atoms with Gasteiger partial charge in [0, 0.05) is 19.2 Å². The van der Waals surface area contributed by atoms with Crippen molar-refractivity contribution in [3.8, 4) is 11.5 Å². The van der Waals surface area contributed by atoms with E-state index in [4.69, 9.17) is 9.84 Å². The number of hydrogen-bond acceptors (Lipinski definition) is 3. The minimum atomic E-state index is 0.273. The predicted octanol–water partition coefficient (Wildman–Crippen LogP) is 6.82. The summed E-state index contributed by atoms with van der Waals surface area (Å²) in [4.78, 5) is 0. The van der Waals surface area contributed by atoms with Crippen LogP contribution in [0, 0.1) is 0 Å². The number of hydrogen-bond donors (Lipinski definition) is 1. The number of nitrogens with zero attached hydrogens (tertiary/aromatic N) is 2. The van der Waals surface area contributed by atoms with Gasteiger partial charge in [0.05, 0.1) is 17.4 Å². The molecule has 0 radical (unpaired) electrons. The predicted molar refractivity (Wildman–Crippen MR) is 119 cm³/mol. The molecule has 0 spiro atoms. The normalized spacial score (nSPS) is 15.4. The summed E-state index contributed by atoms with van der Waals surface area (Å²) < 4.78 is 7.90. The summed E-state index contributed by atoms with van der Waals surface area (Å²) in [6, 6.07) is 18.7. The number of aromatic nitrogens is 2. The molecule has 1 unspecified atom stereocenters. The van der Waals surface area contributed by atoms with Crippen molar-refractivity contribution in [2.24, 2.45) is 7.05 Å². The third-order valence-corrected chi connectivity index (χ3v) is 5.77. The Labute approximate surface area is 173 Å². The van der Waals surface area contributed by atoms with Crippen molar-refractivity contribution < 1.29 is 4.74 Å². The molecule has 1 aliphatic rings. The van der Waals surface area contributed by atoms with Crippen LogP contribution >= 0.6 is 0 Å². The lowest BCUT2D eigenvalue weighted by Crippen LogP contribution is -2.12. The van der Waals surface area contributed by atoms with Crippen LogP contribution in [-0.4, -0.2) is 9.78 Å². The highest BCUT2D eigenvalue weighted by molar-refractivity contribution is 5.50. The van der Waals surface area contributed by atoms with Crippen molar-refractivity contribution in [3.05, 3.63) is 72.1 Å². The second kappa shape index (κ2) is 9.17. The Hall–Kier alpha value is -2.75. The van der Waals surface area contributed by atoms with Crippen molar-refractivity contribution in [3.63, 3.8) is 0 Å². The van der Waals surface area contributed by atoms with E-state index >= 15 is 0 Å². The molecule has 2 aromatic carbocycles. The minimum absolute atomic E-state index is 0.273. The zero-order chi connectivity index (χ0) is 20.1. The lowest BCUT2D eigenvalue weighted by atomic mass is 9.99. The fourth-order valence-corrected chi connectivity index (χ4v) is 4.31. The zero-order valence-corrected chi connectivity index (χ0v) is 17.5. The molecule has 1 aromatic heterocycles. The molecule has 152 valence electrons. The summed E-state index contributed by atoms with van der Waals surface area (Å²) in [5.41, 5.74) is 3.73. The molecule has 0 saturated heterocycles. The molecule has 4 rings (SSSR count). The molecular formula is C25H31N3O. The molecule has 1 saturated carbocycles. The van der Waals surface area contributed by atoms with Crippen molar-refractivity contribution in [1.82, 2.24) is 9.78 Å². The Morgan fingerprint density at radius 3 is 2.41 bits per heavy atom. The molecule has 3 aromatic rings. The third-order valence-electron chi connectivity index (χ3n) is 5.77. The summed E-state index contributed by atoms with van der Waals surface area (Å²) >= 11 is 0. The van der Waals surface area contributed by atoms with Gasteiger partial charge in [0.1, 0.15) is 11.5 Å². The number of ether oxygens (including phenoxy) is 1. The lowest BCUT2D eigenvalue weighted by Gasteiger charge is -2.21. The molecule has 1 aliphatic carbocycles. The molecule has 4 nitrogen and oxygen atoms in total. The molecule has 1 N–H and O–H groups in total. The van der Waals surface area contributed by atoms with Crippen molar-refractivity contribution in [2.75, 3.05) is 5.32 Å². The molecule has 1 heterocycles. The summed E-state index contributed by atoms with van der Waals surface area (Å²) in [6.45, 7) is 2.24. The Bertz CT molecular complexity index is 896. The quantitative estimate of drug-likeness (QED) is 0.459. The van der Waals surface area contributed by atoms with Gasteiger partial charge >= 0.3 is 0 Å². The monoisotopic (exact) mass is 389 g/mol. The molecule has 0 bridgehead atoms. The van der Waals surface area contributed by atoms with Gasteiger partial charge in [-0.05, 0) is 49.1 Å². The Balaban J connectivity index is 1.51. The molecule has 1 fully saturated rings. The maximum absolute atomic E-state index is 5.95. The smallest absolute Gasteiger partial charge is 0.127 e. The molecule has 1 atom stereocenters. The van der Waals surface area contributed by atoms with E-state index in [1.54, 1.807) is 0 Å². The number of nitrogens with one attached hydrogen (secondary N) is 1. The topological polar surface area (TPSA) is 39.1 Å². The number of benzene rings is 2. The van der Waals surface area contributed by atoms with E-state index in [9.17, 15) is 0 Å². The van der Waals surface area contributed by atoms with Crippen LogP contribution in [0.25, 0.3) is 0 Å². The molecule has 29 heavy (non-hydrogen) atoms. The SMILES string of the molecule is CCCC(Nc1cn(C)nc1C1CCCC1)c1ccc(Oc2ccccc2)cc1. The van der Waals surface area contributed by atoms with Crippen LogP contribution in [0.1, 0.15) is 68.7 Å². The highest BCUT2D eigenvalue weighted by atomic mass is 16.5. The minimum Gasteiger partial charge on any atom is -0.457 e. The first-order chi connectivity index (χ1) is 14.2. The summed E-state index contributed by atoms with van der Waals surface area (Å²) in [6.07, 6.45) is 9.51. The van der Waals surface area contributed by atoms with E-state index in [0.717, 1.165) is 24.3 Å². The Morgan fingerprint density at radius 2 is 1.72 bits per heavy atom. The first-order valence-corrected chi connectivity index (χ1v) is 10.9.